The molecule has 3 nitrogen and oxygen atoms in total. The molecule has 94 valence electrons. The number of aryl methyl sites for hydroxylation is 1. The van der Waals surface area contributed by atoms with Crippen LogP contribution in [0.5, 0.6) is 0 Å². The normalized spacial score (nSPS) is 10.8. The first-order valence-electron chi connectivity index (χ1n) is 6.33. The molecule has 2 aromatic heterocycles. The van der Waals surface area contributed by atoms with E-state index in [4.69, 9.17) is 0 Å². The van der Waals surface area contributed by atoms with Gasteiger partial charge in [0.2, 0.25) is 0 Å². The number of hydrogen-bond donors (Lipinski definition) is 0. The Kier molecular flexibility index (Phi) is 2.88. The monoisotopic (exact) mass is 250 g/mol. The molecular weight excluding hydrogens is 236 g/mol. The van der Waals surface area contributed by atoms with Crippen molar-refractivity contribution in [3.63, 3.8) is 0 Å². The number of pyridine rings is 1. The highest BCUT2D eigenvalue weighted by Gasteiger charge is 2.04. The Hall–Kier alpha value is -2.42. The van der Waals surface area contributed by atoms with Crippen LogP contribution in [0.2, 0.25) is 0 Å². The van der Waals surface area contributed by atoms with E-state index in [-0.39, 0.29) is 0 Å². The fourth-order valence-electron chi connectivity index (χ4n) is 2.19. The van der Waals surface area contributed by atoms with Gasteiger partial charge in [-0.1, -0.05) is 31.2 Å². The summed E-state index contributed by atoms with van der Waals surface area (Å²) in [5.41, 5.74) is 4.90. The summed E-state index contributed by atoms with van der Waals surface area (Å²) in [6.07, 6.45) is 5.40. The summed E-state index contributed by atoms with van der Waals surface area (Å²) in [5, 5.41) is 0. The maximum Gasteiger partial charge on any atom is 0.168 e. The number of hydrogen-bond acceptors (Lipinski definition) is 2. The van der Waals surface area contributed by atoms with Crippen molar-refractivity contribution in [3.05, 3.63) is 60.0 Å². The minimum absolute atomic E-state index is 0.571. The van der Waals surface area contributed by atoms with Crippen molar-refractivity contribution in [2.75, 3.05) is 0 Å². The molecule has 3 aromatic rings. The summed E-state index contributed by atoms with van der Waals surface area (Å²) < 4.78 is 1.82. The Morgan fingerprint density at radius 2 is 1.84 bits per heavy atom. The largest absolute Gasteiger partial charge is 0.297 e. The molecule has 0 amide bonds. The van der Waals surface area contributed by atoms with Gasteiger partial charge in [0.15, 0.2) is 6.29 Å². The third-order valence-corrected chi connectivity index (χ3v) is 3.35. The smallest absolute Gasteiger partial charge is 0.168 e. The lowest BCUT2D eigenvalue weighted by Gasteiger charge is -2.05. The number of carbonyl (C=O) groups is 1. The molecule has 0 radical (unpaired) electrons. The molecule has 1 aromatic carbocycles. The number of aromatic nitrogens is 2. The van der Waals surface area contributed by atoms with Gasteiger partial charge in [0.25, 0.3) is 0 Å². The van der Waals surface area contributed by atoms with Crippen LogP contribution >= 0.6 is 0 Å². The lowest BCUT2D eigenvalue weighted by Crippen LogP contribution is -1.91. The fourth-order valence-corrected chi connectivity index (χ4v) is 2.19. The second-order valence-electron chi connectivity index (χ2n) is 4.50. The van der Waals surface area contributed by atoms with Crippen molar-refractivity contribution in [2.24, 2.45) is 0 Å². The summed E-state index contributed by atoms with van der Waals surface area (Å²) in [4.78, 5) is 15.1. The number of fused-ring (bicyclic) bond motifs is 1. The van der Waals surface area contributed by atoms with E-state index < -0.39 is 0 Å². The minimum Gasteiger partial charge on any atom is -0.297 e. The van der Waals surface area contributed by atoms with Crippen LogP contribution in [-0.2, 0) is 6.42 Å². The highest BCUT2D eigenvalue weighted by molar-refractivity contribution is 5.75. The maximum absolute atomic E-state index is 11.0. The van der Waals surface area contributed by atoms with Gasteiger partial charge in [-0.05, 0) is 35.2 Å². The first-order valence-corrected chi connectivity index (χ1v) is 6.33. The van der Waals surface area contributed by atoms with Crippen LogP contribution < -0.4 is 0 Å². The molecule has 0 atom stereocenters. The average Bonchev–Trinajstić information content (AvgIpc) is 2.89. The second kappa shape index (κ2) is 4.69. The van der Waals surface area contributed by atoms with Crippen molar-refractivity contribution in [1.82, 2.24) is 9.38 Å². The Balaban J connectivity index is 2.10. The zero-order valence-electron chi connectivity index (χ0n) is 10.7. The van der Waals surface area contributed by atoms with Crippen LogP contribution in [0.15, 0.2) is 48.8 Å². The molecule has 0 N–H and O–H groups in total. The molecule has 0 aliphatic rings. The van der Waals surface area contributed by atoms with E-state index in [1.807, 2.05) is 22.7 Å². The SMILES string of the molecule is CCc1ccc(-c2ccc3ncc(C=O)n3c2)cc1. The Bertz CT molecular complexity index is 726. The van der Waals surface area contributed by atoms with Crippen molar-refractivity contribution in [2.45, 2.75) is 13.3 Å². The van der Waals surface area contributed by atoms with E-state index in [0.29, 0.717) is 5.69 Å². The molecule has 0 fully saturated rings. The van der Waals surface area contributed by atoms with Crippen molar-refractivity contribution in [3.8, 4) is 11.1 Å². The van der Waals surface area contributed by atoms with Gasteiger partial charge < -0.3 is 0 Å². The first kappa shape index (κ1) is 11.7. The molecule has 2 heterocycles. The molecule has 0 saturated heterocycles. The van der Waals surface area contributed by atoms with Crippen LogP contribution in [0.3, 0.4) is 0 Å². The van der Waals surface area contributed by atoms with Crippen molar-refractivity contribution < 1.29 is 4.79 Å². The maximum atomic E-state index is 11.0. The zero-order chi connectivity index (χ0) is 13.2. The van der Waals surface area contributed by atoms with Gasteiger partial charge in [-0.2, -0.15) is 0 Å². The minimum atomic E-state index is 0.571. The topological polar surface area (TPSA) is 34.4 Å². The number of carbonyl (C=O) groups excluding carboxylic acids is 1. The summed E-state index contributed by atoms with van der Waals surface area (Å²) in [6, 6.07) is 12.4. The van der Waals surface area contributed by atoms with Gasteiger partial charge in [-0.3, -0.25) is 9.20 Å². The lowest BCUT2D eigenvalue weighted by molar-refractivity contribution is 0.111. The molecule has 0 saturated carbocycles. The first-order chi connectivity index (χ1) is 9.31. The number of nitrogens with zero attached hydrogens (tertiary/aromatic N) is 2. The van der Waals surface area contributed by atoms with Crippen LogP contribution in [0.4, 0.5) is 0 Å². The molecule has 0 spiro atoms. The Labute approximate surface area is 111 Å². The molecule has 3 rings (SSSR count). The summed E-state index contributed by atoms with van der Waals surface area (Å²) in [7, 11) is 0. The molecular formula is C16H14N2O. The third kappa shape index (κ3) is 2.03. The summed E-state index contributed by atoms with van der Waals surface area (Å²) in [6.45, 7) is 2.14. The quantitative estimate of drug-likeness (QED) is 0.668. The van der Waals surface area contributed by atoms with E-state index in [1.54, 1.807) is 6.20 Å². The van der Waals surface area contributed by atoms with Crippen LogP contribution in [0, 0.1) is 0 Å². The number of rotatable bonds is 3. The molecule has 19 heavy (non-hydrogen) atoms. The van der Waals surface area contributed by atoms with Gasteiger partial charge in [0.05, 0.1) is 6.20 Å². The Morgan fingerprint density at radius 3 is 2.53 bits per heavy atom. The van der Waals surface area contributed by atoms with Crippen LogP contribution in [0.1, 0.15) is 23.0 Å². The molecule has 3 heteroatoms. The highest BCUT2D eigenvalue weighted by atomic mass is 16.1. The standard InChI is InChI=1S/C16H14N2O/c1-2-12-3-5-13(6-4-12)14-7-8-16-17-9-15(11-19)18(16)10-14/h3-11H,2H2,1H3. The number of benzene rings is 1. The second-order valence-corrected chi connectivity index (χ2v) is 4.50. The van der Waals surface area contributed by atoms with Crippen LogP contribution in [0.25, 0.3) is 16.8 Å². The van der Waals surface area contributed by atoms with Gasteiger partial charge in [-0.15, -0.1) is 0 Å². The molecule has 0 aliphatic carbocycles. The lowest BCUT2D eigenvalue weighted by atomic mass is 10.0. The van der Waals surface area contributed by atoms with Gasteiger partial charge in [0, 0.05) is 6.20 Å². The van der Waals surface area contributed by atoms with E-state index in [0.717, 1.165) is 29.5 Å². The van der Waals surface area contributed by atoms with E-state index >= 15 is 0 Å². The van der Waals surface area contributed by atoms with Crippen molar-refractivity contribution >= 4 is 11.9 Å². The number of imidazole rings is 1. The highest BCUT2D eigenvalue weighted by Crippen LogP contribution is 2.21. The average molecular weight is 250 g/mol. The molecule has 0 unspecified atom stereocenters. The van der Waals surface area contributed by atoms with Crippen LogP contribution in [-0.4, -0.2) is 15.7 Å². The predicted octanol–water partition coefficient (Wildman–Crippen LogP) is 3.38. The number of aldehydes is 1. The third-order valence-electron chi connectivity index (χ3n) is 3.35. The zero-order valence-corrected chi connectivity index (χ0v) is 10.7. The van der Waals surface area contributed by atoms with E-state index in [9.17, 15) is 4.79 Å². The molecule has 0 aliphatic heterocycles. The predicted molar refractivity (Wildman–Crippen MR) is 75.4 cm³/mol. The van der Waals surface area contributed by atoms with Gasteiger partial charge in [-0.25, -0.2) is 4.98 Å². The fraction of sp³-hybridized carbons (Fsp3) is 0.125. The van der Waals surface area contributed by atoms with Crippen molar-refractivity contribution in [1.29, 1.82) is 0 Å². The van der Waals surface area contributed by atoms with Gasteiger partial charge in [0.1, 0.15) is 11.3 Å². The van der Waals surface area contributed by atoms with Gasteiger partial charge >= 0.3 is 0 Å². The summed E-state index contributed by atoms with van der Waals surface area (Å²) >= 11 is 0. The van der Waals surface area contributed by atoms with E-state index in [1.165, 1.54) is 5.56 Å². The molecule has 0 bridgehead atoms. The Morgan fingerprint density at radius 1 is 1.11 bits per heavy atom. The summed E-state index contributed by atoms with van der Waals surface area (Å²) in [5.74, 6) is 0. The van der Waals surface area contributed by atoms with E-state index in [2.05, 4.69) is 36.2 Å².